The van der Waals surface area contributed by atoms with Crippen molar-refractivity contribution in [2.45, 2.75) is 83.1 Å². The zero-order valence-corrected chi connectivity index (χ0v) is 24.2. The van der Waals surface area contributed by atoms with Crippen LogP contribution in [0.2, 0.25) is 5.04 Å². The number of carbonyl (C=O) groups is 1. The van der Waals surface area contributed by atoms with E-state index in [9.17, 15) is 9.90 Å². The highest BCUT2D eigenvalue weighted by Crippen LogP contribution is 2.36. The summed E-state index contributed by atoms with van der Waals surface area (Å²) in [7, 11) is -2.58. The van der Waals surface area contributed by atoms with Gasteiger partial charge >= 0.3 is 5.97 Å². The first-order valence-electron chi connectivity index (χ1n) is 13.5. The van der Waals surface area contributed by atoms with Crippen LogP contribution in [0.1, 0.15) is 59.8 Å². The summed E-state index contributed by atoms with van der Waals surface area (Å²) >= 11 is 0. The van der Waals surface area contributed by atoms with Gasteiger partial charge in [-0.2, -0.15) is 0 Å². The Bertz CT molecular complexity index is 1060. The lowest BCUT2D eigenvalue weighted by Crippen LogP contribution is -2.66. The Balaban J connectivity index is 1.60. The first-order valence-corrected chi connectivity index (χ1v) is 15.5. The topological polar surface area (TPSA) is 65.0 Å². The van der Waals surface area contributed by atoms with E-state index in [-0.39, 0.29) is 23.2 Å². The minimum atomic E-state index is -2.58. The quantitative estimate of drug-likeness (QED) is 0.206. The minimum Gasteiger partial charge on any atom is -0.460 e. The molecule has 0 bridgehead atoms. The standard InChI is InChI=1S/C32H42O5Si/c1-25(24-31-30(37-26(2)33)19-13-22-35-31)20-21-27(34)14-12-23-36-38(32(3,4)5,28-15-8-6-9-16-28)29-17-10-7-11-18-29/h6-11,15-18,27,30-31,34H,1,12-14,19,22-24H2,2-5H3/t27?,30-,31+/m0/s1. The number of esters is 1. The van der Waals surface area contributed by atoms with Gasteiger partial charge in [-0.25, -0.2) is 0 Å². The fourth-order valence-corrected chi connectivity index (χ4v) is 9.77. The van der Waals surface area contributed by atoms with Crippen LogP contribution in [0.25, 0.3) is 0 Å². The molecule has 3 atom stereocenters. The first-order chi connectivity index (χ1) is 18.1. The maximum atomic E-state index is 11.4. The third-order valence-electron chi connectivity index (χ3n) is 6.92. The molecule has 0 amide bonds. The second-order valence-electron chi connectivity index (χ2n) is 10.9. The second kappa shape index (κ2) is 13.9. The zero-order valence-electron chi connectivity index (χ0n) is 23.2. The molecule has 38 heavy (non-hydrogen) atoms. The van der Waals surface area contributed by atoms with Gasteiger partial charge in [-0.15, -0.1) is 0 Å². The van der Waals surface area contributed by atoms with Crippen molar-refractivity contribution in [3.8, 4) is 11.8 Å². The molecule has 2 aromatic carbocycles. The maximum absolute atomic E-state index is 11.4. The normalized spacial score (nSPS) is 18.7. The number of aliphatic hydroxyl groups excluding tert-OH is 1. The van der Waals surface area contributed by atoms with Gasteiger partial charge in [0, 0.05) is 26.6 Å². The van der Waals surface area contributed by atoms with Crippen LogP contribution in [0.4, 0.5) is 0 Å². The van der Waals surface area contributed by atoms with Gasteiger partial charge in [0.15, 0.2) is 0 Å². The molecule has 1 fully saturated rings. The van der Waals surface area contributed by atoms with E-state index in [0.717, 1.165) is 12.8 Å². The molecule has 5 nitrogen and oxygen atoms in total. The monoisotopic (exact) mass is 534 g/mol. The van der Waals surface area contributed by atoms with Crippen LogP contribution >= 0.6 is 0 Å². The van der Waals surface area contributed by atoms with E-state index in [2.05, 4.69) is 87.7 Å². The van der Waals surface area contributed by atoms with Gasteiger partial charge in [-0.1, -0.05) is 99.9 Å². The van der Waals surface area contributed by atoms with Crippen LogP contribution in [0.15, 0.2) is 72.8 Å². The van der Waals surface area contributed by atoms with Gasteiger partial charge < -0.3 is 19.0 Å². The van der Waals surface area contributed by atoms with E-state index in [1.54, 1.807) is 0 Å². The Labute approximate surface area is 229 Å². The van der Waals surface area contributed by atoms with Gasteiger partial charge in [0.25, 0.3) is 8.32 Å². The molecule has 1 saturated heterocycles. The van der Waals surface area contributed by atoms with Crippen molar-refractivity contribution in [1.29, 1.82) is 0 Å². The lowest BCUT2D eigenvalue weighted by atomic mass is 9.99. The second-order valence-corrected chi connectivity index (χ2v) is 15.3. The zero-order chi connectivity index (χ0) is 27.6. The SMILES string of the molecule is C=C(C#CC(O)CCCO[Si](c1ccccc1)(c1ccccc1)C(C)(C)C)C[C@H]1OCCC[C@@H]1OC(C)=O. The number of hydrogen-bond donors (Lipinski definition) is 1. The summed E-state index contributed by atoms with van der Waals surface area (Å²) in [5.41, 5.74) is 0.664. The summed E-state index contributed by atoms with van der Waals surface area (Å²) < 4.78 is 18.1. The van der Waals surface area contributed by atoms with Crippen LogP contribution in [-0.2, 0) is 18.7 Å². The third kappa shape index (κ3) is 7.91. The van der Waals surface area contributed by atoms with E-state index < -0.39 is 14.4 Å². The van der Waals surface area contributed by atoms with Gasteiger partial charge in [-0.05, 0) is 46.7 Å². The van der Waals surface area contributed by atoms with E-state index in [1.165, 1.54) is 17.3 Å². The van der Waals surface area contributed by atoms with Gasteiger partial charge in [0.2, 0.25) is 0 Å². The molecule has 6 heteroatoms. The Kier molecular flexibility index (Phi) is 10.9. The Morgan fingerprint density at radius 1 is 1.13 bits per heavy atom. The van der Waals surface area contributed by atoms with Crippen LogP contribution in [0.5, 0.6) is 0 Å². The molecule has 0 aliphatic carbocycles. The number of benzene rings is 2. The Hall–Kier alpha value is -2.69. The summed E-state index contributed by atoms with van der Waals surface area (Å²) in [6, 6.07) is 21.1. The predicted octanol–water partition coefficient (Wildman–Crippen LogP) is 4.76. The smallest absolute Gasteiger partial charge is 0.302 e. The molecule has 204 valence electrons. The molecule has 0 saturated carbocycles. The van der Waals surface area contributed by atoms with E-state index in [0.29, 0.717) is 38.0 Å². The largest absolute Gasteiger partial charge is 0.460 e. The van der Waals surface area contributed by atoms with Crippen molar-refractivity contribution in [2.24, 2.45) is 0 Å². The summed E-state index contributed by atoms with van der Waals surface area (Å²) in [5.74, 6) is 5.60. The third-order valence-corrected chi connectivity index (χ3v) is 12.0. The van der Waals surface area contributed by atoms with Crippen molar-refractivity contribution < 1.29 is 23.8 Å². The average molecular weight is 535 g/mol. The number of aliphatic hydroxyl groups is 1. The van der Waals surface area contributed by atoms with Crippen LogP contribution in [-0.4, -0.2) is 50.9 Å². The molecule has 3 rings (SSSR count). The fraction of sp³-hybridized carbons (Fsp3) is 0.469. The lowest BCUT2D eigenvalue weighted by molar-refractivity contribution is -0.160. The molecule has 2 aromatic rings. The molecule has 1 aliphatic heterocycles. The fourth-order valence-electron chi connectivity index (χ4n) is 5.17. The summed E-state index contributed by atoms with van der Waals surface area (Å²) in [5, 5.41) is 12.9. The number of carbonyl (C=O) groups excluding carboxylic acids is 1. The number of hydrogen-bond acceptors (Lipinski definition) is 5. The number of rotatable bonds is 10. The Morgan fingerprint density at radius 3 is 2.29 bits per heavy atom. The lowest BCUT2D eigenvalue weighted by Gasteiger charge is -2.43. The van der Waals surface area contributed by atoms with E-state index in [1.807, 2.05) is 12.1 Å². The molecule has 1 aliphatic rings. The van der Waals surface area contributed by atoms with Crippen molar-refractivity contribution in [3.63, 3.8) is 0 Å². The molecule has 0 aromatic heterocycles. The van der Waals surface area contributed by atoms with Crippen LogP contribution in [0.3, 0.4) is 0 Å². The molecule has 1 heterocycles. The molecular weight excluding hydrogens is 492 g/mol. The van der Waals surface area contributed by atoms with Crippen molar-refractivity contribution in [3.05, 3.63) is 72.8 Å². The average Bonchev–Trinajstić information content (AvgIpc) is 2.89. The first kappa shape index (κ1) is 29.9. The number of ether oxygens (including phenoxy) is 2. The maximum Gasteiger partial charge on any atom is 0.302 e. The Morgan fingerprint density at radius 2 is 1.74 bits per heavy atom. The van der Waals surface area contributed by atoms with E-state index >= 15 is 0 Å². The highest BCUT2D eigenvalue weighted by atomic mass is 28.4. The highest BCUT2D eigenvalue weighted by molar-refractivity contribution is 6.99. The molecule has 1 unspecified atom stereocenters. The summed E-state index contributed by atoms with van der Waals surface area (Å²) in [6.45, 7) is 13.4. The molecule has 0 radical (unpaired) electrons. The molecule has 0 spiro atoms. The van der Waals surface area contributed by atoms with Crippen LogP contribution in [0, 0.1) is 11.8 Å². The summed E-state index contributed by atoms with van der Waals surface area (Å²) in [4.78, 5) is 11.4. The van der Waals surface area contributed by atoms with Crippen molar-refractivity contribution >= 4 is 24.7 Å². The highest BCUT2D eigenvalue weighted by Gasteiger charge is 2.49. The van der Waals surface area contributed by atoms with Gasteiger partial charge in [0.1, 0.15) is 12.2 Å². The van der Waals surface area contributed by atoms with E-state index in [4.69, 9.17) is 13.9 Å². The summed E-state index contributed by atoms with van der Waals surface area (Å²) in [6.07, 6.45) is 2.02. The van der Waals surface area contributed by atoms with Gasteiger partial charge in [-0.3, -0.25) is 4.79 Å². The van der Waals surface area contributed by atoms with Crippen molar-refractivity contribution in [1.82, 2.24) is 0 Å². The van der Waals surface area contributed by atoms with Crippen molar-refractivity contribution in [2.75, 3.05) is 13.2 Å². The minimum absolute atomic E-state index is 0.0863. The van der Waals surface area contributed by atoms with Gasteiger partial charge in [0.05, 0.1) is 6.10 Å². The molecular formula is C32H42O5Si. The van der Waals surface area contributed by atoms with Crippen LogP contribution < -0.4 is 10.4 Å². The predicted molar refractivity (Wildman–Crippen MR) is 155 cm³/mol. The molecule has 1 N–H and O–H groups in total.